The lowest BCUT2D eigenvalue weighted by Crippen LogP contribution is -2.45. The molecule has 2 rings (SSSR count). The molecule has 1 fully saturated rings. The highest BCUT2D eigenvalue weighted by molar-refractivity contribution is 6.42. The molecule has 11 nitrogen and oxygen atoms in total. The Morgan fingerprint density at radius 1 is 0.861 bits per heavy atom. The predicted molar refractivity (Wildman–Crippen MR) is 124 cm³/mol. The van der Waals surface area contributed by atoms with E-state index in [4.69, 9.17) is 37.4 Å². The van der Waals surface area contributed by atoms with Gasteiger partial charge in [-0.25, -0.2) is 0 Å². The van der Waals surface area contributed by atoms with Crippen molar-refractivity contribution in [3.05, 3.63) is 33.8 Å². The van der Waals surface area contributed by atoms with Crippen LogP contribution >= 0.6 is 23.2 Å². The number of rotatable bonds is 12. The molecule has 0 bridgehead atoms. The summed E-state index contributed by atoms with van der Waals surface area (Å²) in [5.41, 5.74) is 0.711. The van der Waals surface area contributed by atoms with E-state index in [1.807, 2.05) is 0 Å². The highest BCUT2D eigenvalue weighted by atomic mass is 35.5. The van der Waals surface area contributed by atoms with E-state index in [0.29, 0.717) is 15.6 Å². The Bertz CT molecular complexity index is 963. The van der Waals surface area contributed by atoms with Crippen molar-refractivity contribution in [3.8, 4) is 0 Å². The average Bonchev–Trinajstić information content (AvgIpc) is 3.53. The van der Waals surface area contributed by atoms with E-state index in [1.165, 1.54) is 6.92 Å². The van der Waals surface area contributed by atoms with Gasteiger partial charge in [-0.15, -0.1) is 0 Å². The first-order chi connectivity index (χ1) is 16.9. The van der Waals surface area contributed by atoms with Gasteiger partial charge in [0.2, 0.25) is 19.5 Å². The monoisotopic (exact) mass is 547 g/mol. The number of carbonyl (C=O) groups excluding carboxylic acids is 5. The van der Waals surface area contributed by atoms with Crippen LogP contribution in [0.1, 0.15) is 33.3 Å². The Morgan fingerprint density at radius 2 is 1.39 bits per heavy atom. The maximum atomic E-state index is 12.7. The second-order valence-electron chi connectivity index (χ2n) is 8.05. The molecule has 1 aliphatic carbocycles. The summed E-state index contributed by atoms with van der Waals surface area (Å²) in [6.07, 6.45) is -0.677. The smallest absolute Gasteiger partial charge is 0.313 e. The topological polar surface area (TPSA) is 144 Å². The summed E-state index contributed by atoms with van der Waals surface area (Å²) < 4.78 is 25.1. The lowest BCUT2D eigenvalue weighted by atomic mass is 10.0. The largest absolute Gasteiger partial charge is 0.428 e. The third kappa shape index (κ3) is 8.65. The lowest BCUT2D eigenvalue weighted by molar-refractivity contribution is -0.172. The molecule has 0 saturated heterocycles. The van der Waals surface area contributed by atoms with Gasteiger partial charge in [-0.3, -0.25) is 24.0 Å². The fraction of sp³-hybridized carbons (Fsp3) is 0.522. The van der Waals surface area contributed by atoms with Gasteiger partial charge < -0.3 is 29.0 Å². The Labute approximate surface area is 217 Å². The van der Waals surface area contributed by atoms with E-state index in [1.54, 1.807) is 25.1 Å². The van der Waals surface area contributed by atoms with Gasteiger partial charge in [-0.05, 0) is 24.6 Å². The van der Waals surface area contributed by atoms with Crippen molar-refractivity contribution in [2.45, 2.75) is 46.4 Å². The second-order valence-corrected chi connectivity index (χ2v) is 8.87. The summed E-state index contributed by atoms with van der Waals surface area (Å²) >= 11 is 12.0. The van der Waals surface area contributed by atoms with Gasteiger partial charge in [-0.1, -0.05) is 29.3 Å². The quantitative estimate of drug-likeness (QED) is 0.306. The number of amides is 1. The van der Waals surface area contributed by atoms with Crippen LogP contribution in [-0.4, -0.2) is 55.5 Å². The number of nitrogens with one attached hydrogen (secondary N) is 1. The van der Waals surface area contributed by atoms with Crippen molar-refractivity contribution in [3.63, 3.8) is 0 Å². The minimum atomic E-state index is -1.03. The van der Waals surface area contributed by atoms with Crippen LogP contribution in [-0.2, 0) is 54.3 Å². The Hall–Kier alpha value is -2.89. The fourth-order valence-corrected chi connectivity index (χ4v) is 3.96. The molecular formula is C23H27Cl2NO10. The number of ether oxygens (including phenoxy) is 5. The molecule has 0 radical (unpaired) electrons. The van der Waals surface area contributed by atoms with Crippen LogP contribution in [0, 0.1) is 17.8 Å². The van der Waals surface area contributed by atoms with E-state index >= 15 is 0 Å². The number of hydrogen-bond donors (Lipinski definition) is 1. The fourth-order valence-electron chi connectivity index (χ4n) is 3.64. The van der Waals surface area contributed by atoms with Crippen LogP contribution in [0.25, 0.3) is 0 Å². The van der Waals surface area contributed by atoms with Gasteiger partial charge in [0.1, 0.15) is 0 Å². The molecule has 1 aromatic rings. The lowest BCUT2D eigenvalue weighted by Gasteiger charge is -2.25. The third-order valence-corrected chi connectivity index (χ3v) is 6.07. The molecular weight excluding hydrogens is 521 g/mol. The highest BCUT2D eigenvalue weighted by Gasteiger charge is 2.65. The minimum absolute atomic E-state index is 0.101. The Morgan fingerprint density at radius 3 is 1.83 bits per heavy atom. The molecule has 5 atom stereocenters. The van der Waals surface area contributed by atoms with Crippen LogP contribution in [0.15, 0.2) is 18.2 Å². The predicted octanol–water partition coefficient (Wildman–Crippen LogP) is 2.39. The highest BCUT2D eigenvalue weighted by Crippen LogP contribution is 2.51. The zero-order valence-corrected chi connectivity index (χ0v) is 21.6. The zero-order chi connectivity index (χ0) is 27.0. The first-order valence-corrected chi connectivity index (χ1v) is 11.6. The van der Waals surface area contributed by atoms with Gasteiger partial charge in [0.05, 0.1) is 40.6 Å². The van der Waals surface area contributed by atoms with Gasteiger partial charge in [0, 0.05) is 26.7 Å². The second kappa shape index (κ2) is 13.4. The Balaban J connectivity index is 2.17. The first-order valence-electron chi connectivity index (χ1n) is 10.8. The molecule has 2 unspecified atom stereocenters. The summed E-state index contributed by atoms with van der Waals surface area (Å²) in [6, 6.07) is 4.16. The molecule has 1 N–H and O–H groups in total. The number of carbonyl (C=O) groups is 5. The van der Waals surface area contributed by atoms with E-state index in [-0.39, 0.29) is 6.61 Å². The molecule has 1 aliphatic rings. The summed E-state index contributed by atoms with van der Waals surface area (Å²) in [4.78, 5) is 59.2. The van der Waals surface area contributed by atoms with Crippen LogP contribution < -0.4 is 5.32 Å². The molecule has 1 amide bonds. The normalized spacial score (nSPS) is 19.9. The van der Waals surface area contributed by atoms with E-state index in [0.717, 1.165) is 13.8 Å². The zero-order valence-electron chi connectivity index (χ0n) is 20.1. The molecule has 0 spiro atoms. The molecule has 0 aliphatic heterocycles. The van der Waals surface area contributed by atoms with Crippen molar-refractivity contribution in [2.75, 3.05) is 13.6 Å². The first kappa shape index (κ1) is 29.3. The minimum Gasteiger partial charge on any atom is -0.428 e. The molecule has 198 valence electrons. The van der Waals surface area contributed by atoms with Crippen LogP contribution in [0.3, 0.4) is 0 Å². The molecule has 0 aromatic heterocycles. The summed E-state index contributed by atoms with van der Waals surface area (Å²) in [6.45, 7) is 4.05. The van der Waals surface area contributed by atoms with Gasteiger partial charge in [-0.2, -0.15) is 0 Å². The van der Waals surface area contributed by atoms with Crippen LogP contribution in [0.4, 0.5) is 0 Å². The molecule has 1 saturated carbocycles. The van der Waals surface area contributed by atoms with Crippen molar-refractivity contribution in [2.24, 2.45) is 17.8 Å². The number of esters is 4. The summed E-state index contributed by atoms with van der Waals surface area (Å²) in [5.74, 6) is -6.23. The molecule has 1 aromatic carbocycles. The SMILES string of the molecule is CC(=O)N[C@@H](C1C(C(=O)OCOC(C)=O)[C@H]1C(=O)OCOC(C)=O)[C@H](C)OCc1ccc(Cl)c(Cl)c1. The number of halogens is 2. The Kier molecular flexibility index (Phi) is 10.9. The van der Waals surface area contributed by atoms with Crippen molar-refractivity contribution < 1.29 is 47.7 Å². The van der Waals surface area contributed by atoms with E-state index in [2.05, 4.69) is 14.8 Å². The van der Waals surface area contributed by atoms with Crippen molar-refractivity contribution >= 4 is 53.0 Å². The average molecular weight is 548 g/mol. The third-order valence-electron chi connectivity index (χ3n) is 5.33. The molecule has 36 heavy (non-hydrogen) atoms. The van der Waals surface area contributed by atoms with Crippen LogP contribution in [0.2, 0.25) is 10.0 Å². The summed E-state index contributed by atoms with van der Waals surface area (Å²) in [5, 5.41) is 3.45. The van der Waals surface area contributed by atoms with Gasteiger partial charge in [0.15, 0.2) is 0 Å². The van der Waals surface area contributed by atoms with Gasteiger partial charge >= 0.3 is 23.9 Å². The van der Waals surface area contributed by atoms with Crippen LogP contribution in [0.5, 0.6) is 0 Å². The van der Waals surface area contributed by atoms with E-state index in [9.17, 15) is 24.0 Å². The molecule has 13 heteroatoms. The number of hydrogen-bond acceptors (Lipinski definition) is 10. The number of benzene rings is 1. The maximum absolute atomic E-state index is 12.7. The van der Waals surface area contributed by atoms with E-state index < -0.39 is 73.3 Å². The van der Waals surface area contributed by atoms with Gasteiger partial charge in [0.25, 0.3) is 0 Å². The van der Waals surface area contributed by atoms with Crippen molar-refractivity contribution in [1.29, 1.82) is 0 Å². The standard InChI is InChI=1S/C23H27Cl2NO10/c1-11(32-8-15-5-6-16(24)17(25)7-15)21(26-12(2)27)18-19(22(30)35-9-33-13(3)28)20(18)23(31)36-10-34-14(4)29/h5-7,11,18-21H,8-10H2,1-4H3,(H,26,27)/t11-,18?,19-,20?,21+/m0/s1. The van der Waals surface area contributed by atoms with Crippen molar-refractivity contribution in [1.82, 2.24) is 5.32 Å². The maximum Gasteiger partial charge on any atom is 0.313 e. The summed E-state index contributed by atoms with van der Waals surface area (Å²) in [7, 11) is 0. The molecule has 0 heterocycles.